The number of amides is 3. The Morgan fingerprint density at radius 2 is 1.57 bits per heavy atom. The van der Waals surface area contributed by atoms with Gasteiger partial charge in [-0.1, -0.05) is 72.8 Å². The molecule has 58 heavy (non-hydrogen) atoms. The van der Waals surface area contributed by atoms with Crippen LogP contribution in [0.4, 0.5) is 9.59 Å². The van der Waals surface area contributed by atoms with Crippen LogP contribution in [0.1, 0.15) is 72.3 Å². The number of fused-ring (bicyclic) bond motifs is 1. The predicted molar refractivity (Wildman–Crippen MR) is 221 cm³/mol. The average Bonchev–Trinajstić information content (AvgIpc) is 3.88. The fourth-order valence-electron chi connectivity index (χ4n) is 7.45. The molecule has 306 valence electrons. The van der Waals surface area contributed by atoms with Crippen molar-refractivity contribution in [2.75, 3.05) is 26.2 Å². The third-order valence-corrected chi connectivity index (χ3v) is 11.5. The van der Waals surface area contributed by atoms with Crippen LogP contribution in [0, 0.1) is 5.92 Å². The first kappa shape index (κ1) is 41.8. The van der Waals surface area contributed by atoms with Gasteiger partial charge in [0.1, 0.15) is 18.8 Å². The zero-order chi connectivity index (χ0) is 40.9. The van der Waals surface area contributed by atoms with E-state index in [0.29, 0.717) is 37.9 Å². The molecule has 15 heteroatoms. The number of para-hydroxylation sites is 1. The summed E-state index contributed by atoms with van der Waals surface area (Å²) in [4.78, 5) is 81.5. The summed E-state index contributed by atoms with van der Waals surface area (Å²) in [5.41, 5.74) is 13.5. The Bertz CT molecular complexity index is 2020. The highest BCUT2D eigenvalue weighted by Crippen LogP contribution is 2.30. The van der Waals surface area contributed by atoms with E-state index in [0.717, 1.165) is 35.1 Å². The minimum Gasteiger partial charge on any atom is -0.445 e. The second-order valence-corrected chi connectivity index (χ2v) is 15.8. The number of rotatable bonds is 17. The largest absolute Gasteiger partial charge is 0.445 e. The Labute approximate surface area is 342 Å². The normalized spacial score (nSPS) is 17.6. The molecule has 0 bridgehead atoms. The second kappa shape index (κ2) is 20.5. The summed E-state index contributed by atoms with van der Waals surface area (Å²) < 4.78 is 12.3. The van der Waals surface area contributed by atoms with Crippen molar-refractivity contribution in [2.45, 2.75) is 82.6 Å². The lowest BCUT2D eigenvalue weighted by Gasteiger charge is -2.29. The number of guanidine groups is 1. The summed E-state index contributed by atoms with van der Waals surface area (Å²) >= 11 is 1.26. The van der Waals surface area contributed by atoms with Gasteiger partial charge in [-0.25, -0.2) is 14.6 Å². The smallest absolute Gasteiger partial charge is 0.410 e. The minimum absolute atomic E-state index is 0.00111. The topological polar surface area (TPSA) is 200 Å². The highest BCUT2D eigenvalue weighted by Gasteiger charge is 2.44. The van der Waals surface area contributed by atoms with E-state index in [2.05, 4.69) is 15.3 Å². The summed E-state index contributed by atoms with van der Waals surface area (Å²) in [5, 5.41) is 3.05. The molecular weight excluding hydrogens is 759 g/mol. The van der Waals surface area contributed by atoms with Crippen molar-refractivity contribution in [3.63, 3.8) is 0 Å². The lowest BCUT2D eigenvalue weighted by Crippen LogP contribution is -2.52. The number of nitrogens with two attached hydrogens (primary N) is 2. The number of nitrogens with zero attached hydrogens (tertiary/aromatic N) is 4. The number of ether oxygens (including phenoxy) is 2. The van der Waals surface area contributed by atoms with Crippen molar-refractivity contribution in [3.05, 3.63) is 101 Å². The molecule has 6 rings (SSSR count). The maximum absolute atomic E-state index is 14.7. The predicted octanol–water partition coefficient (Wildman–Crippen LogP) is 5.63. The van der Waals surface area contributed by atoms with Crippen LogP contribution in [0.5, 0.6) is 0 Å². The van der Waals surface area contributed by atoms with Crippen LogP contribution in [0.2, 0.25) is 0 Å². The van der Waals surface area contributed by atoms with E-state index in [1.807, 2.05) is 84.9 Å². The zero-order valence-electron chi connectivity index (χ0n) is 32.5. The van der Waals surface area contributed by atoms with Crippen molar-refractivity contribution in [3.8, 4) is 0 Å². The van der Waals surface area contributed by atoms with Gasteiger partial charge in [0.15, 0.2) is 22.5 Å². The molecular formula is C43H51N7O7S. The number of Topliss-reactive ketones (excluding diaryl/α,β-unsaturated/α-hetero) is 2. The van der Waals surface area contributed by atoms with Gasteiger partial charge in [-0.2, -0.15) is 0 Å². The molecule has 3 heterocycles. The Kier molecular flexibility index (Phi) is 14.8. The van der Waals surface area contributed by atoms with Gasteiger partial charge < -0.3 is 36.1 Å². The number of hydrogen-bond donors (Lipinski definition) is 3. The molecule has 0 aliphatic carbocycles. The highest BCUT2D eigenvalue weighted by molar-refractivity contribution is 7.20. The van der Waals surface area contributed by atoms with Crippen LogP contribution >= 0.6 is 11.3 Å². The number of aryl methyl sites for hydroxylation is 1. The number of alkyl carbamates (subject to hydrolysis) is 1. The quantitative estimate of drug-likeness (QED) is 0.0520. The molecule has 3 amide bonds. The number of hydrogen-bond acceptors (Lipinski definition) is 10. The SMILES string of the molecule is NC(N)=NCCC[C@H](CC(=O)[C@@H]1C[C@@H](OC(=O)N2CCCCC2)CN1C(=O)[C@@H](CCc1ccccc1)NC(=O)OCc1ccccc1)C(=O)c1nc2ccccc2s1. The molecule has 2 saturated heterocycles. The number of ketones is 2. The van der Waals surface area contributed by atoms with E-state index in [4.69, 9.17) is 20.9 Å². The van der Waals surface area contributed by atoms with Gasteiger partial charge in [-0.05, 0) is 68.2 Å². The second-order valence-electron chi connectivity index (χ2n) is 14.7. The maximum atomic E-state index is 14.7. The fraction of sp³-hybridized carbons (Fsp3) is 0.419. The van der Waals surface area contributed by atoms with Gasteiger partial charge in [0, 0.05) is 38.4 Å². The van der Waals surface area contributed by atoms with Crippen molar-refractivity contribution in [1.29, 1.82) is 0 Å². The third-order valence-electron chi connectivity index (χ3n) is 10.5. The van der Waals surface area contributed by atoms with Crippen LogP contribution in [0.15, 0.2) is 89.9 Å². The first-order valence-electron chi connectivity index (χ1n) is 19.9. The number of benzene rings is 3. The molecule has 0 unspecified atom stereocenters. The summed E-state index contributed by atoms with van der Waals surface area (Å²) in [5.74, 6) is -2.01. The summed E-state index contributed by atoms with van der Waals surface area (Å²) in [6.07, 6.45) is 1.93. The summed E-state index contributed by atoms with van der Waals surface area (Å²) in [7, 11) is 0. The van der Waals surface area contributed by atoms with E-state index in [1.54, 1.807) is 4.90 Å². The Morgan fingerprint density at radius 3 is 2.28 bits per heavy atom. The van der Waals surface area contributed by atoms with Crippen molar-refractivity contribution >= 4 is 57.2 Å². The maximum Gasteiger partial charge on any atom is 0.410 e. The van der Waals surface area contributed by atoms with Gasteiger partial charge in [-0.15, -0.1) is 11.3 Å². The van der Waals surface area contributed by atoms with Crippen molar-refractivity contribution < 1.29 is 33.4 Å². The Balaban J connectivity index is 1.24. The number of nitrogens with one attached hydrogen (secondary N) is 1. The number of aliphatic imine (C=N–C) groups is 1. The van der Waals surface area contributed by atoms with E-state index in [9.17, 15) is 24.0 Å². The van der Waals surface area contributed by atoms with Gasteiger partial charge in [0.2, 0.25) is 5.91 Å². The van der Waals surface area contributed by atoms with E-state index in [1.165, 1.54) is 16.2 Å². The van der Waals surface area contributed by atoms with Crippen molar-refractivity contribution in [2.24, 2.45) is 22.4 Å². The number of thiazole rings is 1. The summed E-state index contributed by atoms with van der Waals surface area (Å²) in [6.45, 7) is 1.35. The zero-order valence-corrected chi connectivity index (χ0v) is 33.3. The van der Waals surface area contributed by atoms with Crippen LogP contribution in [-0.2, 0) is 32.1 Å². The molecule has 5 N–H and O–H groups in total. The molecule has 0 spiro atoms. The molecule has 0 radical (unpaired) electrons. The number of likely N-dealkylation sites (tertiary alicyclic amines) is 2. The van der Waals surface area contributed by atoms with Crippen LogP contribution < -0.4 is 16.8 Å². The average molecular weight is 810 g/mol. The van der Waals surface area contributed by atoms with E-state index >= 15 is 0 Å². The first-order valence-corrected chi connectivity index (χ1v) is 20.7. The molecule has 3 aromatic carbocycles. The minimum atomic E-state index is -1.07. The van der Waals surface area contributed by atoms with Crippen LogP contribution in [0.25, 0.3) is 10.2 Å². The van der Waals surface area contributed by atoms with E-state index < -0.39 is 42.2 Å². The van der Waals surface area contributed by atoms with Crippen molar-refractivity contribution in [1.82, 2.24) is 20.1 Å². The molecule has 2 aliphatic heterocycles. The van der Waals surface area contributed by atoms with E-state index in [-0.39, 0.29) is 61.5 Å². The number of piperidine rings is 1. The lowest BCUT2D eigenvalue weighted by atomic mass is 9.89. The Hall–Kier alpha value is -5.83. The molecule has 2 fully saturated rings. The molecule has 14 nitrogen and oxygen atoms in total. The van der Waals surface area contributed by atoms with Gasteiger partial charge in [0.05, 0.1) is 22.8 Å². The third kappa shape index (κ3) is 11.6. The molecule has 1 aromatic heterocycles. The standard InChI is InChI=1S/C43H51N7O7S/c44-41(45)46-22-12-17-31(38(52)39-47-33-18-8-9-19-37(33)58-39)25-36(51)35-26-32(57-43(55)49-23-10-3-11-24-49)27-50(35)40(53)34(21-20-29-13-4-1-5-14-29)48-42(54)56-28-30-15-6-2-7-16-30/h1-2,4-9,13-16,18-19,31-32,34-35H,3,10-12,17,20-28H2,(H,48,54)(H4,44,45,46)/t31-,32-,34-,35+/m1/s1. The Morgan fingerprint density at radius 1 is 0.879 bits per heavy atom. The highest BCUT2D eigenvalue weighted by atomic mass is 32.1. The number of carbonyl (C=O) groups is 5. The van der Waals surface area contributed by atoms with Gasteiger partial charge in [-0.3, -0.25) is 19.4 Å². The molecule has 0 saturated carbocycles. The van der Waals surface area contributed by atoms with Crippen LogP contribution in [-0.4, -0.2) is 94.8 Å². The molecule has 4 atom stereocenters. The lowest BCUT2D eigenvalue weighted by molar-refractivity contribution is -0.139. The summed E-state index contributed by atoms with van der Waals surface area (Å²) in [6, 6.07) is 24.1. The fourth-order valence-corrected chi connectivity index (χ4v) is 8.43. The molecule has 4 aromatic rings. The molecule has 2 aliphatic rings. The van der Waals surface area contributed by atoms with Gasteiger partial charge >= 0.3 is 12.2 Å². The first-order chi connectivity index (χ1) is 28.1. The number of carbonyl (C=O) groups excluding carboxylic acids is 5. The van der Waals surface area contributed by atoms with Crippen LogP contribution in [0.3, 0.4) is 0 Å². The number of aromatic nitrogens is 1. The monoisotopic (exact) mass is 809 g/mol. The van der Waals surface area contributed by atoms with Gasteiger partial charge in [0.25, 0.3) is 0 Å².